The number of hydrogen-bond acceptors (Lipinski definition) is 2. The molecular weight excluding hydrogens is 288 g/mol. The average molecular weight is 304 g/mol. The number of nitrogens with zero attached hydrogens (tertiary/aromatic N) is 1. The van der Waals surface area contributed by atoms with Crippen molar-refractivity contribution in [1.29, 1.82) is 0 Å². The zero-order valence-electron chi connectivity index (χ0n) is 12.5. The highest BCUT2D eigenvalue weighted by Crippen LogP contribution is 2.04. The third-order valence-corrected chi connectivity index (χ3v) is 3.52. The van der Waals surface area contributed by atoms with E-state index < -0.39 is 0 Å². The molecule has 0 fully saturated rings. The van der Waals surface area contributed by atoms with Crippen LogP contribution in [0.2, 0.25) is 0 Å². The number of allylic oxidation sites excluding steroid dienone is 1. The predicted molar refractivity (Wildman–Crippen MR) is 90.4 cm³/mol. The second kappa shape index (κ2) is 6.75. The number of aromatic amines is 1. The molecule has 0 saturated heterocycles. The first-order valence-electron chi connectivity index (χ1n) is 7.33. The van der Waals surface area contributed by atoms with E-state index in [1.807, 2.05) is 60.7 Å². The van der Waals surface area contributed by atoms with Gasteiger partial charge in [-0.2, -0.15) is 0 Å². The van der Waals surface area contributed by atoms with Crippen molar-refractivity contribution in [3.8, 4) is 0 Å². The molecular formula is C19H16N2O2. The normalized spacial score (nSPS) is 11.0. The number of hydrogen-bond donors (Lipinski definition) is 1. The Kier molecular flexibility index (Phi) is 4.34. The van der Waals surface area contributed by atoms with Crippen molar-refractivity contribution in [3.63, 3.8) is 0 Å². The van der Waals surface area contributed by atoms with E-state index in [0.717, 1.165) is 11.1 Å². The Bertz CT molecular complexity index is 874. The second-order valence-electron chi connectivity index (χ2n) is 5.17. The molecule has 0 radical (unpaired) electrons. The van der Waals surface area contributed by atoms with Crippen molar-refractivity contribution in [2.24, 2.45) is 0 Å². The maximum Gasteiger partial charge on any atom is 0.278 e. The van der Waals surface area contributed by atoms with E-state index in [1.165, 1.54) is 17.0 Å². The SMILES string of the molecule is O=C(/C=C/c1ccccc1)c1c[nH]n(Cc2ccccc2)c1=O. The molecule has 3 rings (SSSR count). The van der Waals surface area contributed by atoms with Crippen LogP contribution in [0, 0.1) is 0 Å². The summed E-state index contributed by atoms with van der Waals surface area (Å²) >= 11 is 0. The predicted octanol–water partition coefficient (Wildman–Crippen LogP) is 3.12. The third-order valence-electron chi connectivity index (χ3n) is 3.52. The molecule has 1 aromatic heterocycles. The summed E-state index contributed by atoms with van der Waals surface area (Å²) in [6.45, 7) is 0.412. The van der Waals surface area contributed by atoms with Gasteiger partial charge in [-0.25, -0.2) is 4.68 Å². The Hall–Kier alpha value is -3.14. The van der Waals surface area contributed by atoms with E-state index in [1.54, 1.807) is 6.08 Å². The molecule has 0 spiro atoms. The summed E-state index contributed by atoms with van der Waals surface area (Å²) in [6.07, 6.45) is 4.59. The fourth-order valence-corrected chi connectivity index (χ4v) is 2.29. The van der Waals surface area contributed by atoms with Gasteiger partial charge >= 0.3 is 0 Å². The molecule has 0 unspecified atom stereocenters. The lowest BCUT2D eigenvalue weighted by Gasteiger charge is -2.00. The van der Waals surface area contributed by atoms with Crippen molar-refractivity contribution in [3.05, 3.63) is 100.0 Å². The van der Waals surface area contributed by atoms with Crippen molar-refractivity contribution in [1.82, 2.24) is 9.78 Å². The molecule has 0 amide bonds. The van der Waals surface area contributed by atoms with E-state index in [0.29, 0.717) is 6.54 Å². The number of rotatable bonds is 5. The fraction of sp³-hybridized carbons (Fsp3) is 0.0526. The van der Waals surface area contributed by atoms with Crippen molar-refractivity contribution in [2.45, 2.75) is 6.54 Å². The standard InChI is InChI=1S/C19H16N2O2/c22-18(12-11-15-7-3-1-4-8-15)17-13-20-21(19(17)23)14-16-9-5-2-6-10-16/h1-13,20H,14H2/b12-11+. The Morgan fingerprint density at radius 3 is 2.35 bits per heavy atom. The maximum absolute atomic E-state index is 12.3. The van der Waals surface area contributed by atoms with E-state index in [-0.39, 0.29) is 16.9 Å². The molecule has 0 bridgehead atoms. The molecule has 0 atom stereocenters. The molecule has 2 aromatic carbocycles. The maximum atomic E-state index is 12.3. The summed E-state index contributed by atoms with van der Waals surface area (Å²) in [5.41, 5.74) is 1.75. The van der Waals surface area contributed by atoms with Gasteiger partial charge < -0.3 is 5.10 Å². The Morgan fingerprint density at radius 2 is 1.65 bits per heavy atom. The molecule has 4 heteroatoms. The molecule has 1 heterocycles. The smallest absolute Gasteiger partial charge is 0.278 e. The first-order valence-corrected chi connectivity index (χ1v) is 7.33. The highest BCUT2D eigenvalue weighted by Gasteiger charge is 2.12. The molecule has 1 N–H and O–H groups in total. The molecule has 23 heavy (non-hydrogen) atoms. The summed E-state index contributed by atoms with van der Waals surface area (Å²) in [6, 6.07) is 19.1. The highest BCUT2D eigenvalue weighted by atomic mass is 16.2. The van der Waals surface area contributed by atoms with E-state index in [2.05, 4.69) is 5.10 Å². The summed E-state index contributed by atoms with van der Waals surface area (Å²) in [5, 5.41) is 2.85. The van der Waals surface area contributed by atoms with Crippen LogP contribution < -0.4 is 5.56 Å². The van der Waals surface area contributed by atoms with Gasteiger partial charge in [-0.05, 0) is 17.2 Å². The van der Waals surface area contributed by atoms with Crippen molar-refractivity contribution in [2.75, 3.05) is 0 Å². The Balaban J connectivity index is 1.78. The Morgan fingerprint density at radius 1 is 1.00 bits per heavy atom. The van der Waals surface area contributed by atoms with Crippen LogP contribution in [0.4, 0.5) is 0 Å². The highest BCUT2D eigenvalue weighted by molar-refractivity contribution is 6.06. The lowest BCUT2D eigenvalue weighted by Crippen LogP contribution is -2.21. The number of benzene rings is 2. The first-order chi connectivity index (χ1) is 11.2. The van der Waals surface area contributed by atoms with Crippen LogP contribution in [0.15, 0.2) is 77.7 Å². The van der Waals surface area contributed by atoms with Gasteiger partial charge in [0.2, 0.25) is 0 Å². The number of ketones is 1. The summed E-state index contributed by atoms with van der Waals surface area (Å²) in [5.74, 6) is -0.304. The van der Waals surface area contributed by atoms with Gasteiger partial charge in [0.05, 0.1) is 6.54 Å². The lowest BCUT2D eigenvalue weighted by molar-refractivity contribution is 0.104. The number of carbonyl (C=O) groups excluding carboxylic acids is 1. The van der Waals surface area contributed by atoms with Gasteiger partial charge in [-0.3, -0.25) is 9.59 Å². The van der Waals surface area contributed by atoms with Crippen LogP contribution in [0.1, 0.15) is 21.5 Å². The first kappa shape index (κ1) is 14.8. The molecule has 114 valence electrons. The zero-order valence-corrected chi connectivity index (χ0v) is 12.5. The van der Waals surface area contributed by atoms with Gasteiger partial charge in [0.15, 0.2) is 5.78 Å². The number of aromatic nitrogens is 2. The van der Waals surface area contributed by atoms with Gasteiger partial charge in [-0.1, -0.05) is 66.7 Å². The van der Waals surface area contributed by atoms with Gasteiger partial charge in [0.25, 0.3) is 5.56 Å². The van der Waals surface area contributed by atoms with Crippen molar-refractivity contribution >= 4 is 11.9 Å². The van der Waals surface area contributed by atoms with Crippen LogP contribution in [0.3, 0.4) is 0 Å². The molecule has 0 aliphatic heterocycles. The van der Waals surface area contributed by atoms with Crippen LogP contribution in [-0.2, 0) is 6.54 Å². The van der Waals surface area contributed by atoms with Gasteiger partial charge in [0, 0.05) is 6.20 Å². The minimum absolute atomic E-state index is 0.146. The molecule has 0 aliphatic carbocycles. The van der Waals surface area contributed by atoms with Gasteiger partial charge in [0.1, 0.15) is 5.56 Å². The molecule has 4 nitrogen and oxygen atoms in total. The van der Waals surface area contributed by atoms with Crippen LogP contribution in [0.25, 0.3) is 6.08 Å². The molecule has 0 aliphatic rings. The second-order valence-corrected chi connectivity index (χ2v) is 5.17. The zero-order chi connectivity index (χ0) is 16.1. The van der Waals surface area contributed by atoms with E-state index in [9.17, 15) is 9.59 Å². The number of nitrogens with one attached hydrogen (secondary N) is 1. The lowest BCUT2D eigenvalue weighted by atomic mass is 10.1. The quantitative estimate of drug-likeness (QED) is 0.581. The van der Waals surface area contributed by atoms with E-state index in [4.69, 9.17) is 0 Å². The molecule has 3 aromatic rings. The molecule has 0 saturated carbocycles. The van der Waals surface area contributed by atoms with E-state index >= 15 is 0 Å². The summed E-state index contributed by atoms with van der Waals surface area (Å²) in [7, 11) is 0. The fourth-order valence-electron chi connectivity index (χ4n) is 2.29. The minimum atomic E-state index is -0.309. The average Bonchev–Trinajstić information content (AvgIpc) is 2.95. The largest absolute Gasteiger partial charge is 0.302 e. The topological polar surface area (TPSA) is 54.9 Å². The third kappa shape index (κ3) is 3.55. The van der Waals surface area contributed by atoms with Gasteiger partial charge in [-0.15, -0.1) is 0 Å². The minimum Gasteiger partial charge on any atom is -0.302 e. The van der Waals surface area contributed by atoms with Crippen LogP contribution >= 0.6 is 0 Å². The number of H-pyrrole nitrogens is 1. The van der Waals surface area contributed by atoms with Crippen molar-refractivity contribution < 1.29 is 4.79 Å². The number of carbonyl (C=O) groups is 1. The Labute approximate surface area is 133 Å². The summed E-state index contributed by atoms with van der Waals surface area (Å²) < 4.78 is 1.43. The monoisotopic (exact) mass is 304 g/mol. The van der Waals surface area contributed by atoms with Crippen LogP contribution in [0.5, 0.6) is 0 Å². The van der Waals surface area contributed by atoms with Crippen LogP contribution in [-0.4, -0.2) is 15.6 Å². The summed E-state index contributed by atoms with van der Waals surface area (Å²) in [4.78, 5) is 24.5.